The predicted octanol–water partition coefficient (Wildman–Crippen LogP) is -1.31. The lowest BCUT2D eigenvalue weighted by atomic mass is 10.0. The number of guanidine groups is 1. The molecule has 1 fully saturated rings. The van der Waals surface area contributed by atoms with Crippen LogP contribution < -0.4 is 10.6 Å². The summed E-state index contributed by atoms with van der Waals surface area (Å²) in [5, 5.41) is 16.0. The molecule has 0 aromatic heterocycles. The molecule has 3 N–H and O–H groups in total. The van der Waals surface area contributed by atoms with Crippen molar-refractivity contribution in [1.29, 1.82) is 0 Å². The smallest absolute Gasteiger partial charge is 0.191 e. The standard InChI is InChI=1S/C8H15N3O2/c12-8(1-4-13-6-8)5-11-7-9-2-3-10-7/h12H,1-6H2,(H2,9,10,11). The Morgan fingerprint density at radius 3 is 3.23 bits per heavy atom. The van der Waals surface area contributed by atoms with E-state index in [-0.39, 0.29) is 0 Å². The summed E-state index contributed by atoms with van der Waals surface area (Å²) >= 11 is 0. The SMILES string of the molecule is OC1(CNC2=NCCN2)CCOC1. The van der Waals surface area contributed by atoms with Crippen molar-refractivity contribution >= 4 is 5.96 Å². The van der Waals surface area contributed by atoms with E-state index < -0.39 is 5.60 Å². The number of aliphatic imine (C=N–C) groups is 1. The van der Waals surface area contributed by atoms with Crippen molar-refractivity contribution in [3.63, 3.8) is 0 Å². The van der Waals surface area contributed by atoms with Crippen molar-refractivity contribution in [1.82, 2.24) is 10.6 Å². The van der Waals surface area contributed by atoms with E-state index in [1.54, 1.807) is 0 Å². The number of ether oxygens (including phenoxy) is 1. The zero-order chi connectivity index (χ0) is 9.15. The van der Waals surface area contributed by atoms with Crippen LogP contribution in [-0.4, -0.2) is 49.5 Å². The average molecular weight is 185 g/mol. The summed E-state index contributed by atoms with van der Waals surface area (Å²) in [4.78, 5) is 4.17. The second-order valence-corrected chi connectivity index (χ2v) is 3.54. The largest absolute Gasteiger partial charge is 0.386 e. The van der Waals surface area contributed by atoms with E-state index in [4.69, 9.17) is 4.74 Å². The van der Waals surface area contributed by atoms with E-state index in [9.17, 15) is 5.11 Å². The minimum Gasteiger partial charge on any atom is -0.386 e. The van der Waals surface area contributed by atoms with Crippen LogP contribution in [0, 0.1) is 0 Å². The molecule has 13 heavy (non-hydrogen) atoms. The number of aliphatic hydroxyl groups is 1. The van der Waals surface area contributed by atoms with E-state index in [1.807, 2.05) is 0 Å². The molecule has 2 heterocycles. The Labute approximate surface area is 77.2 Å². The quantitative estimate of drug-likeness (QED) is 0.499. The highest BCUT2D eigenvalue weighted by Gasteiger charge is 2.32. The summed E-state index contributed by atoms with van der Waals surface area (Å²) in [5.74, 6) is 0.792. The first-order chi connectivity index (χ1) is 6.29. The van der Waals surface area contributed by atoms with E-state index >= 15 is 0 Å². The Balaban J connectivity index is 1.77. The van der Waals surface area contributed by atoms with E-state index in [0.29, 0.717) is 26.2 Å². The third-order valence-corrected chi connectivity index (χ3v) is 2.34. The van der Waals surface area contributed by atoms with Gasteiger partial charge in [0.05, 0.1) is 13.2 Å². The highest BCUT2D eigenvalue weighted by atomic mass is 16.5. The molecule has 0 saturated carbocycles. The van der Waals surface area contributed by atoms with Gasteiger partial charge in [0.15, 0.2) is 5.96 Å². The number of rotatable bonds is 2. The van der Waals surface area contributed by atoms with E-state index in [2.05, 4.69) is 15.6 Å². The van der Waals surface area contributed by atoms with Crippen molar-refractivity contribution in [3.05, 3.63) is 0 Å². The van der Waals surface area contributed by atoms with Gasteiger partial charge in [0.1, 0.15) is 5.60 Å². The molecule has 0 aromatic carbocycles. The highest BCUT2D eigenvalue weighted by molar-refractivity contribution is 5.81. The first kappa shape index (κ1) is 8.77. The number of nitrogens with zero attached hydrogens (tertiary/aromatic N) is 1. The van der Waals surface area contributed by atoms with Crippen LogP contribution in [0.3, 0.4) is 0 Å². The Morgan fingerprint density at radius 2 is 2.62 bits per heavy atom. The summed E-state index contributed by atoms with van der Waals surface area (Å²) in [6.07, 6.45) is 0.702. The summed E-state index contributed by atoms with van der Waals surface area (Å²) in [6.45, 7) is 3.29. The lowest BCUT2D eigenvalue weighted by molar-refractivity contribution is 0.0307. The fourth-order valence-electron chi connectivity index (χ4n) is 1.50. The van der Waals surface area contributed by atoms with Crippen LogP contribution in [0.25, 0.3) is 0 Å². The van der Waals surface area contributed by atoms with Crippen LogP contribution in [0.4, 0.5) is 0 Å². The van der Waals surface area contributed by atoms with Gasteiger partial charge in [-0.15, -0.1) is 0 Å². The van der Waals surface area contributed by atoms with Crippen molar-refractivity contribution in [2.75, 3.05) is 32.8 Å². The molecule has 0 spiro atoms. The van der Waals surface area contributed by atoms with Gasteiger partial charge in [-0.25, -0.2) is 0 Å². The first-order valence-corrected chi connectivity index (χ1v) is 4.61. The molecule has 5 heteroatoms. The third kappa shape index (κ3) is 2.10. The fraction of sp³-hybridized carbons (Fsp3) is 0.875. The van der Waals surface area contributed by atoms with Gasteiger partial charge >= 0.3 is 0 Å². The second kappa shape index (κ2) is 3.51. The van der Waals surface area contributed by atoms with Crippen LogP contribution in [-0.2, 0) is 4.74 Å². The predicted molar refractivity (Wildman–Crippen MR) is 48.7 cm³/mol. The third-order valence-electron chi connectivity index (χ3n) is 2.34. The van der Waals surface area contributed by atoms with Gasteiger partial charge in [-0.3, -0.25) is 4.99 Å². The highest BCUT2D eigenvalue weighted by Crippen LogP contribution is 2.16. The molecule has 1 atom stereocenters. The summed E-state index contributed by atoms with van der Waals surface area (Å²) in [5.41, 5.74) is -0.702. The maximum absolute atomic E-state index is 9.88. The molecule has 2 rings (SSSR count). The fourth-order valence-corrected chi connectivity index (χ4v) is 1.50. The molecule has 0 bridgehead atoms. The van der Waals surface area contributed by atoms with Gasteiger partial charge in [0.25, 0.3) is 0 Å². The molecular formula is C8H15N3O2. The summed E-state index contributed by atoms with van der Waals surface area (Å²) in [6, 6.07) is 0. The Morgan fingerprint density at radius 1 is 1.69 bits per heavy atom. The Bertz CT molecular complexity index is 211. The average Bonchev–Trinajstić information content (AvgIpc) is 2.72. The van der Waals surface area contributed by atoms with Gasteiger partial charge in [-0.05, 0) is 0 Å². The molecule has 0 aliphatic carbocycles. The minimum atomic E-state index is -0.702. The Hall–Kier alpha value is -0.810. The number of nitrogens with one attached hydrogen (secondary N) is 2. The van der Waals surface area contributed by atoms with Gasteiger partial charge in [-0.2, -0.15) is 0 Å². The van der Waals surface area contributed by atoms with Crippen molar-refractivity contribution in [3.8, 4) is 0 Å². The zero-order valence-corrected chi connectivity index (χ0v) is 7.55. The molecule has 2 aliphatic heterocycles. The van der Waals surface area contributed by atoms with Gasteiger partial charge in [0.2, 0.25) is 0 Å². The topological polar surface area (TPSA) is 65.9 Å². The zero-order valence-electron chi connectivity index (χ0n) is 7.55. The second-order valence-electron chi connectivity index (χ2n) is 3.54. The van der Waals surface area contributed by atoms with Crippen LogP contribution in [0.2, 0.25) is 0 Å². The molecular weight excluding hydrogens is 170 g/mol. The molecule has 0 aromatic rings. The maximum Gasteiger partial charge on any atom is 0.191 e. The summed E-state index contributed by atoms with van der Waals surface area (Å²) in [7, 11) is 0. The normalized spacial score (nSPS) is 32.8. The van der Waals surface area contributed by atoms with Crippen LogP contribution in [0.5, 0.6) is 0 Å². The molecule has 0 amide bonds. The maximum atomic E-state index is 9.88. The Kier molecular flexibility index (Phi) is 2.37. The monoisotopic (exact) mass is 185 g/mol. The van der Waals surface area contributed by atoms with Crippen LogP contribution in [0.1, 0.15) is 6.42 Å². The van der Waals surface area contributed by atoms with Crippen molar-refractivity contribution in [2.24, 2.45) is 4.99 Å². The number of hydrogen-bond acceptors (Lipinski definition) is 5. The molecule has 1 saturated heterocycles. The first-order valence-electron chi connectivity index (χ1n) is 4.61. The van der Waals surface area contributed by atoms with E-state index in [0.717, 1.165) is 19.0 Å². The molecule has 2 aliphatic rings. The van der Waals surface area contributed by atoms with Gasteiger partial charge in [-0.1, -0.05) is 0 Å². The summed E-state index contributed by atoms with van der Waals surface area (Å²) < 4.78 is 5.13. The van der Waals surface area contributed by atoms with E-state index in [1.165, 1.54) is 0 Å². The minimum absolute atomic E-state index is 0.424. The van der Waals surface area contributed by atoms with Gasteiger partial charge < -0.3 is 20.5 Å². The van der Waals surface area contributed by atoms with Gasteiger partial charge in [0, 0.05) is 26.1 Å². The molecule has 5 nitrogen and oxygen atoms in total. The van der Waals surface area contributed by atoms with Crippen molar-refractivity contribution < 1.29 is 9.84 Å². The molecule has 1 unspecified atom stereocenters. The molecule has 0 radical (unpaired) electrons. The van der Waals surface area contributed by atoms with Crippen molar-refractivity contribution in [2.45, 2.75) is 12.0 Å². The van der Waals surface area contributed by atoms with Crippen LogP contribution >= 0.6 is 0 Å². The molecule has 74 valence electrons. The lowest BCUT2D eigenvalue weighted by Gasteiger charge is -2.21. The number of hydrogen-bond donors (Lipinski definition) is 3. The van der Waals surface area contributed by atoms with Crippen LogP contribution in [0.15, 0.2) is 4.99 Å². The lowest BCUT2D eigenvalue weighted by Crippen LogP contribution is -2.46.